The number of imidazole rings is 1. The van der Waals surface area contributed by atoms with E-state index in [2.05, 4.69) is 30.0 Å². The summed E-state index contributed by atoms with van der Waals surface area (Å²) in [5.74, 6) is -0.328. The van der Waals surface area contributed by atoms with E-state index < -0.39 is 29.7 Å². The molecule has 0 radical (unpaired) electrons. The number of piperazine rings is 1. The molecule has 0 bridgehead atoms. The highest BCUT2D eigenvalue weighted by Crippen LogP contribution is 2.34. The highest BCUT2D eigenvalue weighted by atomic mass is 19.1. The van der Waals surface area contributed by atoms with Crippen LogP contribution in [-0.2, 0) is 9.59 Å². The lowest BCUT2D eigenvalue weighted by molar-refractivity contribution is -0.136. The number of H-pyrrole nitrogens is 1. The number of carbonyl (C=O) groups excluding carboxylic acids is 4. The number of amidine groups is 1. The lowest BCUT2D eigenvalue weighted by atomic mass is 10.0. The quantitative estimate of drug-likeness (QED) is 0.131. The minimum Gasteiger partial charge on any atom is -0.371 e. The first-order valence-corrected chi connectivity index (χ1v) is 20.1. The number of carbonyl (C=O) groups is 4. The summed E-state index contributed by atoms with van der Waals surface area (Å²) < 4.78 is 13.9. The van der Waals surface area contributed by atoms with E-state index in [4.69, 9.17) is 10.4 Å². The monoisotopic (exact) mass is 784 g/mol. The summed E-state index contributed by atoms with van der Waals surface area (Å²) in [6.45, 7) is 5.94. The number of likely N-dealkylation sites (tertiary alicyclic amines) is 1. The Labute approximate surface area is 335 Å². The summed E-state index contributed by atoms with van der Waals surface area (Å²) in [5, 5.41) is 11.0. The van der Waals surface area contributed by atoms with E-state index in [0.29, 0.717) is 28.8 Å². The Morgan fingerprint density at radius 2 is 1.60 bits per heavy atom. The first-order valence-electron chi connectivity index (χ1n) is 20.1. The van der Waals surface area contributed by atoms with Crippen molar-refractivity contribution in [2.75, 3.05) is 55.6 Å². The number of rotatable bonds is 8. The molecule has 5 aliphatic heterocycles. The molecule has 3 N–H and O–H groups in total. The number of amides is 4. The lowest BCUT2D eigenvalue weighted by Crippen LogP contribution is -2.54. The molecule has 4 aromatic rings. The van der Waals surface area contributed by atoms with E-state index in [1.54, 1.807) is 42.6 Å². The fourth-order valence-corrected chi connectivity index (χ4v) is 9.13. The molecule has 4 amide bonds. The second-order valence-electron chi connectivity index (χ2n) is 15.6. The molecule has 0 aliphatic carbocycles. The number of aromatic amines is 1. The zero-order chi connectivity index (χ0) is 39.9. The molecule has 0 saturated carbocycles. The average Bonchev–Trinajstić information content (AvgIpc) is 3.99. The van der Waals surface area contributed by atoms with Gasteiger partial charge in [-0.05, 0) is 92.3 Å². The highest BCUT2D eigenvalue weighted by molar-refractivity contribution is 6.23. The van der Waals surface area contributed by atoms with Crippen LogP contribution < -0.4 is 15.1 Å². The third-order valence-corrected chi connectivity index (χ3v) is 12.2. The first-order chi connectivity index (χ1) is 28.2. The minimum absolute atomic E-state index is 0.0176. The summed E-state index contributed by atoms with van der Waals surface area (Å²) in [4.78, 5) is 73.6. The number of pyridine rings is 1. The summed E-state index contributed by atoms with van der Waals surface area (Å²) in [5.41, 5.74) is 3.96. The number of anilines is 2. The maximum Gasteiger partial charge on any atom is 0.262 e. The number of halogens is 1. The predicted molar refractivity (Wildman–Crippen MR) is 216 cm³/mol. The van der Waals surface area contributed by atoms with Crippen LogP contribution in [0, 0.1) is 11.2 Å². The molecule has 7 heterocycles. The zero-order valence-electron chi connectivity index (χ0n) is 32.1. The number of imide groups is 2. The van der Waals surface area contributed by atoms with Gasteiger partial charge in [-0.1, -0.05) is 18.2 Å². The molecule has 4 fully saturated rings. The van der Waals surface area contributed by atoms with Gasteiger partial charge in [0.1, 0.15) is 29.3 Å². The standard InChI is InChI=1S/C43H45FN10O4/c44-28-5-1-4-27(24-28)35-7-3-17-53(35)37(45)12-13-38-46-26-34(47-38)33-6-2-8-39(48-33)52-22-20-51(21-23-52)29-15-18-50(19-16-29)30-9-10-31-32(25-30)43(58)54(42(31)57)36-11-14-40(55)49-41(36)56/h1-2,4-6,8-10,12-13,24-26,29,35-36,45H,3,7,11,14-23H2,(H,46,47)(H,49,55,56)/b13-12-,45-37?/t35-,36?/m1/s1. The van der Waals surface area contributed by atoms with Gasteiger partial charge in [-0.15, -0.1) is 0 Å². The smallest absolute Gasteiger partial charge is 0.262 e. The molecule has 15 heteroatoms. The van der Waals surface area contributed by atoms with Crippen LogP contribution in [0.5, 0.6) is 0 Å². The van der Waals surface area contributed by atoms with Crippen LogP contribution in [0.25, 0.3) is 17.5 Å². The van der Waals surface area contributed by atoms with Gasteiger partial charge in [0.05, 0.1) is 34.8 Å². The van der Waals surface area contributed by atoms with Crippen molar-refractivity contribution in [2.24, 2.45) is 0 Å². The maximum absolute atomic E-state index is 13.9. The number of fused-ring (bicyclic) bond motifs is 1. The van der Waals surface area contributed by atoms with Crippen LogP contribution in [0.1, 0.15) is 76.7 Å². The molecule has 9 rings (SSSR count). The van der Waals surface area contributed by atoms with Crippen LogP contribution in [0.15, 0.2) is 72.9 Å². The number of nitrogens with zero attached hydrogens (tertiary/aromatic N) is 7. The van der Waals surface area contributed by atoms with Gasteiger partial charge < -0.3 is 19.7 Å². The average molecular weight is 785 g/mol. The Bertz CT molecular complexity index is 2310. The van der Waals surface area contributed by atoms with Crippen LogP contribution in [0.4, 0.5) is 15.9 Å². The van der Waals surface area contributed by atoms with E-state index in [1.165, 1.54) is 6.07 Å². The van der Waals surface area contributed by atoms with Gasteiger partial charge in [0.2, 0.25) is 11.8 Å². The van der Waals surface area contributed by atoms with Crippen molar-refractivity contribution in [3.63, 3.8) is 0 Å². The second-order valence-corrected chi connectivity index (χ2v) is 15.6. The summed E-state index contributed by atoms with van der Waals surface area (Å²) >= 11 is 0. The Kier molecular flexibility index (Phi) is 10.1. The number of hydrogen-bond donors (Lipinski definition) is 3. The van der Waals surface area contributed by atoms with E-state index in [9.17, 15) is 23.6 Å². The molecule has 14 nitrogen and oxygen atoms in total. The number of nitrogens with one attached hydrogen (secondary N) is 3. The van der Waals surface area contributed by atoms with Crippen molar-refractivity contribution in [3.8, 4) is 11.4 Å². The van der Waals surface area contributed by atoms with E-state index in [0.717, 1.165) is 105 Å². The number of hydrogen-bond acceptors (Lipinski definition) is 10. The Morgan fingerprint density at radius 3 is 2.40 bits per heavy atom. The van der Waals surface area contributed by atoms with E-state index >= 15 is 0 Å². The van der Waals surface area contributed by atoms with Crippen molar-refractivity contribution in [1.29, 1.82) is 5.41 Å². The predicted octanol–water partition coefficient (Wildman–Crippen LogP) is 4.63. The summed E-state index contributed by atoms with van der Waals surface area (Å²) in [6.07, 6.45) is 9.31. The van der Waals surface area contributed by atoms with Gasteiger partial charge in [-0.2, -0.15) is 0 Å². The fraction of sp³-hybridized carbons (Fsp3) is 0.372. The molecule has 2 atom stereocenters. The molecule has 2 aromatic carbocycles. The molecule has 298 valence electrons. The summed E-state index contributed by atoms with van der Waals surface area (Å²) in [7, 11) is 0. The van der Waals surface area contributed by atoms with E-state index in [1.807, 2.05) is 35.2 Å². The molecule has 58 heavy (non-hydrogen) atoms. The molecule has 4 saturated heterocycles. The van der Waals surface area contributed by atoms with Crippen molar-refractivity contribution in [2.45, 2.75) is 56.7 Å². The second kappa shape index (κ2) is 15.6. The van der Waals surface area contributed by atoms with Crippen LogP contribution in [0.3, 0.4) is 0 Å². The van der Waals surface area contributed by atoms with Crippen molar-refractivity contribution < 1.29 is 23.6 Å². The zero-order valence-corrected chi connectivity index (χ0v) is 32.1. The SMILES string of the molecule is N=C(/C=C\c1ncc(-c2cccc(N3CCN(C4CCN(c5ccc6c(c5)C(=O)N(C5CCC(=O)NC5=O)C6=O)CC4)CC3)n2)[nH]1)N1CCC[C@@H]1c1cccc(F)c1. The topological polar surface area (TPSA) is 162 Å². The first kappa shape index (κ1) is 37.4. The largest absolute Gasteiger partial charge is 0.371 e. The van der Waals surface area contributed by atoms with Crippen molar-refractivity contribution in [3.05, 3.63) is 101 Å². The molecule has 5 aliphatic rings. The Balaban J connectivity index is 0.769. The minimum atomic E-state index is -0.976. The molecular formula is C43H45FN10O4. The van der Waals surface area contributed by atoms with Gasteiger partial charge in [0.25, 0.3) is 11.8 Å². The van der Waals surface area contributed by atoms with Gasteiger partial charge in [0, 0.05) is 64.0 Å². The summed E-state index contributed by atoms with van der Waals surface area (Å²) in [6, 6.07) is 17.5. The third kappa shape index (κ3) is 7.25. The van der Waals surface area contributed by atoms with Crippen molar-refractivity contribution >= 4 is 47.0 Å². The van der Waals surface area contributed by atoms with Gasteiger partial charge in [-0.25, -0.2) is 14.4 Å². The number of piperidine rings is 2. The molecular weight excluding hydrogens is 740 g/mol. The molecule has 1 unspecified atom stereocenters. The van der Waals surface area contributed by atoms with Gasteiger partial charge in [0.15, 0.2) is 0 Å². The van der Waals surface area contributed by atoms with Gasteiger partial charge in [-0.3, -0.25) is 39.7 Å². The number of aromatic nitrogens is 3. The molecule has 2 aromatic heterocycles. The number of benzene rings is 2. The Morgan fingerprint density at radius 1 is 0.810 bits per heavy atom. The lowest BCUT2D eigenvalue weighted by Gasteiger charge is -2.43. The third-order valence-electron chi connectivity index (χ3n) is 12.2. The van der Waals surface area contributed by atoms with Crippen molar-refractivity contribution in [1.82, 2.24) is 35.0 Å². The van der Waals surface area contributed by atoms with Crippen LogP contribution in [-0.4, -0.2) is 117 Å². The highest BCUT2D eigenvalue weighted by Gasteiger charge is 2.45. The van der Waals surface area contributed by atoms with E-state index in [-0.39, 0.29) is 24.7 Å². The maximum atomic E-state index is 13.9. The normalized spacial score (nSPS) is 22.0. The molecule has 0 spiro atoms. The van der Waals surface area contributed by atoms with Gasteiger partial charge >= 0.3 is 0 Å². The van der Waals surface area contributed by atoms with Crippen LogP contribution in [0.2, 0.25) is 0 Å². The Hall–Kier alpha value is -6.22. The fourth-order valence-electron chi connectivity index (χ4n) is 9.13. The van der Waals surface area contributed by atoms with Crippen LogP contribution >= 0.6 is 0 Å².